The van der Waals surface area contributed by atoms with E-state index in [0.29, 0.717) is 29.9 Å². The molecule has 2 aromatic rings. The number of aryl methyl sites for hydroxylation is 1. The number of carbonyl (C=O) groups excluding carboxylic acids is 2. The van der Waals surface area contributed by atoms with Crippen LogP contribution in [-0.4, -0.2) is 23.0 Å². The normalized spacial score (nSPS) is 10.4. The van der Waals surface area contributed by atoms with Crippen LogP contribution in [0, 0.1) is 25.2 Å². The maximum atomic E-state index is 12.2. The third-order valence-electron chi connectivity index (χ3n) is 4.64. The van der Waals surface area contributed by atoms with Crippen molar-refractivity contribution in [2.75, 3.05) is 5.32 Å². The van der Waals surface area contributed by atoms with Crippen LogP contribution >= 0.6 is 0 Å². The predicted molar refractivity (Wildman–Crippen MR) is 115 cm³/mol. The van der Waals surface area contributed by atoms with Crippen LogP contribution in [0.4, 0.5) is 10.5 Å². The lowest BCUT2D eigenvalue weighted by Crippen LogP contribution is -2.34. The van der Waals surface area contributed by atoms with Crippen molar-refractivity contribution >= 4 is 17.6 Å². The quantitative estimate of drug-likeness (QED) is 0.560. The molecule has 1 heterocycles. The number of nitrogens with one attached hydrogen (secondary N) is 4. The summed E-state index contributed by atoms with van der Waals surface area (Å²) in [6.45, 7) is 7.62. The van der Waals surface area contributed by atoms with Crippen molar-refractivity contribution in [2.24, 2.45) is 0 Å². The van der Waals surface area contributed by atoms with Gasteiger partial charge in [0.1, 0.15) is 11.6 Å². The Kier molecular flexibility index (Phi) is 7.76. The molecule has 4 N–H and O–H groups in total. The van der Waals surface area contributed by atoms with Crippen LogP contribution in [0.2, 0.25) is 0 Å². The van der Waals surface area contributed by atoms with Gasteiger partial charge < -0.3 is 20.9 Å². The van der Waals surface area contributed by atoms with E-state index in [-0.39, 0.29) is 30.0 Å². The molecule has 1 aromatic carbocycles. The van der Waals surface area contributed by atoms with Gasteiger partial charge in [-0.3, -0.25) is 9.59 Å². The van der Waals surface area contributed by atoms with Gasteiger partial charge in [-0.1, -0.05) is 12.1 Å². The predicted octanol–water partition coefficient (Wildman–Crippen LogP) is 2.64. The first-order valence-corrected chi connectivity index (χ1v) is 9.76. The number of benzene rings is 1. The van der Waals surface area contributed by atoms with Crippen LogP contribution < -0.4 is 21.5 Å². The first-order chi connectivity index (χ1) is 14.2. The lowest BCUT2D eigenvalue weighted by atomic mass is 9.99. The second-order valence-corrected chi connectivity index (χ2v) is 7.40. The highest BCUT2D eigenvalue weighted by molar-refractivity contribution is 5.89. The molecule has 0 fully saturated rings. The van der Waals surface area contributed by atoms with Gasteiger partial charge >= 0.3 is 6.03 Å². The first-order valence-electron chi connectivity index (χ1n) is 9.76. The molecule has 0 aliphatic carbocycles. The van der Waals surface area contributed by atoms with Crippen LogP contribution in [0.3, 0.4) is 0 Å². The molecule has 0 unspecified atom stereocenters. The van der Waals surface area contributed by atoms with Gasteiger partial charge in [0.05, 0.1) is 0 Å². The minimum atomic E-state index is -0.402. The van der Waals surface area contributed by atoms with E-state index in [1.807, 2.05) is 32.0 Å². The summed E-state index contributed by atoms with van der Waals surface area (Å²) in [5.74, 6) is -0.128. The van der Waals surface area contributed by atoms with E-state index in [9.17, 15) is 14.4 Å². The minimum Gasteiger partial charge on any atom is -0.352 e. The largest absolute Gasteiger partial charge is 0.352 e. The summed E-state index contributed by atoms with van der Waals surface area (Å²) in [5.41, 5.74) is 3.37. The molecule has 8 nitrogen and oxygen atoms in total. The molecule has 3 amide bonds. The first kappa shape index (κ1) is 22.7. The van der Waals surface area contributed by atoms with Crippen molar-refractivity contribution in [1.29, 1.82) is 5.26 Å². The Balaban J connectivity index is 1.88. The topological polar surface area (TPSA) is 127 Å². The molecule has 158 valence electrons. The highest BCUT2D eigenvalue weighted by Crippen LogP contribution is 2.15. The van der Waals surface area contributed by atoms with Gasteiger partial charge in [-0.05, 0) is 62.9 Å². The Morgan fingerprint density at radius 3 is 2.43 bits per heavy atom. The molecule has 0 bridgehead atoms. The van der Waals surface area contributed by atoms with Crippen LogP contribution in [0.5, 0.6) is 0 Å². The Morgan fingerprint density at radius 1 is 1.17 bits per heavy atom. The number of nitrogens with zero attached hydrogens (tertiary/aromatic N) is 1. The zero-order valence-electron chi connectivity index (χ0n) is 17.7. The number of hydrogen-bond acceptors (Lipinski definition) is 4. The number of pyridine rings is 1. The van der Waals surface area contributed by atoms with E-state index in [1.165, 1.54) is 0 Å². The molecule has 0 spiro atoms. The average molecular weight is 409 g/mol. The number of H-pyrrole nitrogens is 1. The monoisotopic (exact) mass is 409 g/mol. The second kappa shape index (κ2) is 10.3. The zero-order chi connectivity index (χ0) is 22.3. The average Bonchev–Trinajstić information content (AvgIpc) is 2.66. The SMILES string of the molecule is Cc1[nH]c(=O)c(C#N)c(C)c1CCC(=O)NCc1ccc(NC(=O)NC(C)C)cc1. The number of aromatic amines is 1. The van der Waals surface area contributed by atoms with Crippen LogP contribution in [-0.2, 0) is 17.8 Å². The van der Waals surface area contributed by atoms with Crippen molar-refractivity contribution < 1.29 is 9.59 Å². The number of aromatic nitrogens is 1. The van der Waals surface area contributed by atoms with Crippen molar-refractivity contribution in [3.8, 4) is 6.07 Å². The van der Waals surface area contributed by atoms with Gasteiger partial charge in [0, 0.05) is 30.4 Å². The number of hydrogen-bond donors (Lipinski definition) is 4. The highest BCUT2D eigenvalue weighted by Gasteiger charge is 2.13. The van der Waals surface area contributed by atoms with Gasteiger partial charge in [-0.15, -0.1) is 0 Å². The van der Waals surface area contributed by atoms with Gasteiger partial charge in [0.2, 0.25) is 5.91 Å². The van der Waals surface area contributed by atoms with Gasteiger partial charge in [-0.2, -0.15) is 5.26 Å². The Morgan fingerprint density at radius 2 is 1.83 bits per heavy atom. The Bertz CT molecular complexity index is 1020. The number of carbonyl (C=O) groups is 2. The highest BCUT2D eigenvalue weighted by atomic mass is 16.2. The van der Waals surface area contributed by atoms with Gasteiger partial charge in [0.25, 0.3) is 5.56 Å². The molecule has 0 saturated heterocycles. The standard InChI is InChI=1S/C22H27N5O3/c1-13(2)25-22(30)27-17-7-5-16(6-8-17)12-24-20(28)10-9-18-14(3)19(11-23)21(29)26-15(18)4/h5-8,13H,9-10,12H2,1-4H3,(H,24,28)(H,26,29)(H2,25,27,30). The minimum absolute atomic E-state index is 0.0506. The summed E-state index contributed by atoms with van der Waals surface area (Å²) >= 11 is 0. The Hall–Kier alpha value is -3.60. The molecule has 0 aliphatic heterocycles. The molecule has 0 atom stereocenters. The third kappa shape index (κ3) is 6.21. The summed E-state index contributed by atoms with van der Waals surface area (Å²) < 4.78 is 0. The van der Waals surface area contributed by atoms with E-state index in [1.54, 1.807) is 26.0 Å². The second-order valence-electron chi connectivity index (χ2n) is 7.40. The number of rotatable bonds is 7. The Labute approximate surface area is 175 Å². The summed E-state index contributed by atoms with van der Waals surface area (Å²) in [6.07, 6.45) is 0.677. The van der Waals surface area contributed by atoms with Crippen molar-refractivity contribution in [3.63, 3.8) is 0 Å². The fraction of sp³-hybridized carbons (Fsp3) is 0.364. The lowest BCUT2D eigenvalue weighted by molar-refractivity contribution is -0.121. The van der Waals surface area contributed by atoms with E-state index in [2.05, 4.69) is 20.9 Å². The fourth-order valence-electron chi connectivity index (χ4n) is 3.08. The fourth-order valence-corrected chi connectivity index (χ4v) is 3.08. The lowest BCUT2D eigenvalue weighted by Gasteiger charge is -2.12. The molecular formula is C22H27N5O3. The van der Waals surface area contributed by atoms with E-state index < -0.39 is 5.56 Å². The van der Waals surface area contributed by atoms with Crippen LogP contribution in [0.1, 0.15) is 48.2 Å². The summed E-state index contributed by atoms with van der Waals surface area (Å²) in [6, 6.07) is 8.92. The molecular weight excluding hydrogens is 382 g/mol. The number of anilines is 1. The smallest absolute Gasteiger partial charge is 0.319 e. The van der Waals surface area contributed by atoms with Crippen LogP contribution in [0.25, 0.3) is 0 Å². The van der Waals surface area contributed by atoms with E-state index in [4.69, 9.17) is 5.26 Å². The van der Waals surface area contributed by atoms with Crippen molar-refractivity contribution in [3.05, 3.63) is 62.6 Å². The number of urea groups is 1. The molecule has 0 radical (unpaired) electrons. The molecule has 1 aromatic heterocycles. The zero-order valence-corrected chi connectivity index (χ0v) is 17.7. The maximum absolute atomic E-state index is 12.2. The number of amides is 3. The van der Waals surface area contributed by atoms with Crippen LogP contribution in [0.15, 0.2) is 29.1 Å². The summed E-state index contributed by atoms with van der Waals surface area (Å²) in [5, 5.41) is 17.5. The summed E-state index contributed by atoms with van der Waals surface area (Å²) in [4.78, 5) is 38.4. The van der Waals surface area contributed by atoms with E-state index >= 15 is 0 Å². The molecule has 2 rings (SSSR count). The van der Waals surface area contributed by atoms with Gasteiger partial charge in [0.15, 0.2) is 0 Å². The molecule has 0 saturated carbocycles. The maximum Gasteiger partial charge on any atom is 0.319 e. The van der Waals surface area contributed by atoms with Crippen molar-refractivity contribution in [1.82, 2.24) is 15.6 Å². The van der Waals surface area contributed by atoms with E-state index in [0.717, 1.165) is 11.1 Å². The van der Waals surface area contributed by atoms with Gasteiger partial charge in [-0.25, -0.2) is 4.79 Å². The van der Waals surface area contributed by atoms with Crippen molar-refractivity contribution in [2.45, 2.75) is 53.1 Å². The third-order valence-corrected chi connectivity index (χ3v) is 4.64. The number of nitriles is 1. The molecule has 8 heteroatoms. The molecule has 30 heavy (non-hydrogen) atoms. The summed E-state index contributed by atoms with van der Waals surface area (Å²) in [7, 11) is 0. The molecule has 0 aliphatic rings.